The summed E-state index contributed by atoms with van der Waals surface area (Å²) in [6.45, 7) is 2.74. The minimum absolute atomic E-state index is 0.0641. The summed E-state index contributed by atoms with van der Waals surface area (Å²) in [6, 6.07) is 0. The van der Waals surface area contributed by atoms with Crippen molar-refractivity contribution in [3.63, 3.8) is 0 Å². The van der Waals surface area contributed by atoms with Gasteiger partial charge in [-0.1, -0.05) is 13.3 Å². The van der Waals surface area contributed by atoms with Crippen LogP contribution in [0.2, 0.25) is 0 Å². The van der Waals surface area contributed by atoms with Crippen LogP contribution >= 0.6 is 0 Å². The van der Waals surface area contributed by atoms with E-state index in [1.54, 1.807) is 0 Å². The summed E-state index contributed by atoms with van der Waals surface area (Å²) in [5.41, 5.74) is 5.36. The van der Waals surface area contributed by atoms with Crippen molar-refractivity contribution in [2.75, 3.05) is 6.54 Å². The fourth-order valence-electron chi connectivity index (χ4n) is 2.27. The van der Waals surface area contributed by atoms with E-state index in [1.807, 2.05) is 0 Å². The van der Waals surface area contributed by atoms with Crippen LogP contribution in [0.5, 0.6) is 0 Å². The second-order valence-electron chi connectivity index (χ2n) is 4.37. The lowest BCUT2D eigenvalue weighted by atomic mass is 9.85. The average molecular weight is 213 g/mol. The van der Waals surface area contributed by atoms with Crippen LogP contribution < -0.4 is 5.73 Å². The minimum Gasteiger partial charge on any atom is -0.462 e. The molecule has 1 rings (SSSR count). The molecule has 1 fully saturated rings. The highest BCUT2D eigenvalue weighted by Crippen LogP contribution is 2.29. The molecule has 2 atom stereocenters. The molecule has 1 aliphatic carbocycles. The first-order valence-corrected chi connectivity index (χ1v) is 6.17. The number of rotatable bonds is 5. The molecule has 0 spiro atoms. The molecule has 0 aromatic heterocycles. The van der Waals surface area contributed by atoms with Crippen molar-refractivity contribution in [1.82, 2.24) is 0 Å². The molecular weight excluding hydrogens is 190 g/mol. The molecular formula is C12H23NO2. The first kappa shape index (κ1) is 12.5. The number of hydrogen-bond acceptors (Lipinski definition) is 3. The van der Waals surface area contributed by atoms with Crippen molar-refractivity contribution in [2.24, 2.45) is 11.7 Å². The van der Waals surface area contributed by atoms with Crippen LogP contribution in [0.15, 0.2) is 0 Å². The Kier molecular flexibility index (Phi) is 5.69. The molecule has 2 unspecified atom stereocenters. The van der Waals surface area contributed by atoms with Gasteiger partial charge in [-0.15, -0.1) is 0 Å². The van der Waals surface area contributed by atoms with Gasteiger partial charge in [0.25, 0.3) is 0 Å². The van der Waals surface area contributed by atoms with Crippen molar-refractivity contribution in [1.29, 1.82) is 0 Å². The number of carbonyl (C=O) groups excluding carboxylic acids is 1. The topological polar surface area (TPSA) is 52.3 Å². The highest BCUT2D eigenvalue weighted by atomic mass is 16.5. The van der Waals surface area contributed by atoms with Gasteiger partial charge in [-0.25, -0.2) is 0 Å². The van der Waals surface area contributed by atoms with Gasteiger partial charge < -0.3 is 10.5 Å². The number of hydrogen-bond donors (Lipinski definition) is 1. The zero-order valence-electron chi connectivity index (χ0n) is 9.71. The maximum Gasteiger partial charge on any atom is 0.306 e. The van der Waals surface area contributed by atoms with Crippen LogP contribution in [-0.4, -0.2) is 18.6 Å². The molecule has 3 nitrogen and oxygen atoms in total. The Balaban J connectivity index is 2.30. The highest BCUT2D eigenvalue weighted by Gasteiger charge is 2.26. The molecule has 0 radical (unpaired) electrons. The predicted molar refractivity (Wildman–Crippen MR) is 60.4 cm³/mol. The highest BCUT2D eigenvalue weighted by molar-refractivity contribution is 5.69. The van der Waals surface area contributed by atoms with Crippen molar-refractivity contribution in [3.05, 3.63) is 0 Å². The Morgan fingerprint density at radius 1 is 1.40 bits per heavy atom. The third kappa shape index (κ3) is 4.20. The summed E-state index contributed by atoms with van der Waals surface area (Å²) in [4.78, 5) is 11.5. The Bertz CT molecular complexity index is 194. The summed E-state index contributed by atoms with van der Waals surface area (Å²) in [5.74, 6) is 0.520. The van der Waals surface area contributed by atoms with Gasteiger partial charge in [0.1, 0.15) is 6.10 Å². The van der Waals surface area contributed by atoms with Gasteiger partial charge in [0.15, 0.2) is 0 Å². The van der Waals surface area contributed by atoms with Gasteiger partial charge in [-0.2, -0.15) is 0 Å². The molecule has 3 heteroatoms. The van der Waals surface area contributed by atoms with E-state index in [0.29, 0.717) is 18.9 Å². The fraction of sp³-hybridized carbons (Fsp3) is 0.917. The molecule has 0 amide bonds. The van der Waals surface area contributed by atoms with Gasteiger partial charge in [0, 0.05) is 6.42 Å². The summed E-state index contributed by atoms with van der Waals surface area (Å²) in [6.07, 6.45) is 7.26. The van der Waals surface area contributed by atoms with Crippen LogP contribution in [0.25, 0.3) is 0 Å². The first-order valence-electron chi connectivity index (χ1n) is 6.17. The quantitative estimate of drug-likeness (QED) is 0.712. The summed E-state index contributed by atoms with van der Waals surface area (Å²) < 4.78 is 5.50. The largest absolute Gasteiger partial charge is 0.462 e. The number of esters is 1. The second-order valence-corrected chi connectivity index (χ2v) is 4.37. The summed E-state index contributed by atoms with van der Waals surface area (Å²) in [5, 5.41) is 0. The first-order chi connectivity index (χ1) is 7.27. The molecule has 0 bridgehead atoms. The van der Waals surface area contributed by atoms with E-state index < -0.39 is 0 Å². The normalized spacial score (nSPS) is 26.3. The zero-order valence-corrected chi connectivity index (χ0v) is 9.71. The Morgan fingerprint density at radius 3 is 2.80 bits per heavy atom. The van der Waals surface area contributed by atoms with Crippen LogP contribution in [0.4, 0.5) is 0 Å². The van der Waals surface area contributed by atoms with Gasteiger partial charge in [-0.3, -0.25) is 4.79 Å². The van der Waals surface area contributed by atoms with Crippen molar-refractivity contribution >= 4 is 5.97 Å². The standard InChI is InChI=1S/C12H23NO2/c1-2-10-6-3-4-7-11(10)15-12(14)8-5-9-13/h10-11H,2-9,13H2,1H3. The Hall–Kier alpha value is -0.570. The maximum atomic E-state index is 11.5. The lowest BCUT2D eigenvalue weighted by molar-refractivity contribution is -0.153. The van der Waals surface area contributed by atoms with Crippen LogP contribution in [-0.2, 0) is 9.53 Å². The maximum absolute atomic E-state index is 11.5. The number of carbonyl (C=O) groups is 1. The smallest absolute Gasteiger partial charge is 0.306 e. The van der Waals surface area contributed by atoms with E-state index in [1.165, 1.54) is 19.3 Å². The van der Waals surface area contributed by atoms with Gasteiger partial charge >= 0.3 is 5.97 Å². The molecule has 0 saturated heterocycles. The second kappa shape index (κ2) is 6.83. The third-order valence-corrected chi connectivity index (χ3v) is 3.23. The predicted octanol–water partition coefficient (Wildman–Crippen LogP) is 2.24. The van der Waals surface area contributed by atoms with Crippen molar-refractivity contribution < 1.29 is 9.53 Å². The lowest BCUT2D eigenvalue weighted by Crippen LogP contribution is -2.29. The molecule has 15 heavy (non-hydrogen) atoms. The molecule has 0 aromatic rings. The van der Waals surface area contributed by atoms with Crippen LogP contribution in [0, 0.1) is 5.92 Å². The van der Waals surface area contributed by atoms with Crippen LogP contribution in [0.1, 0.15) is 51.9 Å². The van der Waals surface area contributed by atoms with Gasteiger partial charge in [-0.05, 0) is 44.6 Å². The van der Waals surface area contributed by atoms with E-state index in [2.05, 4.69) is 6.92 Å². The van der Waals surface area contributed by atoms with E-state index in [4.69, 9.17) is 10.5 Å². The Morgan fingerprint density at radius 2 is 2.13 bits per heavy atom. The van der Waals surface area contributed by atoms with Crippen molar-refractivity contribution in [3.8, 4) is 0 Å². The SMILES string of the molecule is CCC1CCCCC1OC(=O)CCCN. The average Bonchev–Trinajstić information content (AvgIpc) is 2.27. The molecule has 0 heterocycles. The monoisotopic (exact) mass is 213 g/mol. The Labute approximate surface area is 92.4 Å². The number of ether oxygens (including phenoxy) is 1. The zero-order chi connectivity index (χ0) is 11.1. The van der Waals surface area contributed by atoms with Gasteiger partial charge in [0.05, 0.1) is 0 Å². The fourth-order valence-corrected chi connectivity index (χ4v) is 2.27. The summed E-state index contributed by atoms with van der Waals surface area (Å²) in [7, 11) is 0. The molecule has 1 aliphatic rings. The van der Waals surface area contributed by atoms with Crippen LogP contribution in [0.3, 0.4) is 0 Å². The molecule has 1 saturated carbocycles. The minimum atomic E-state index is -0.0641. The molecule has 2 N–H and O–H groups in total. The third-order valence-electron chi connectivity index (χ3n) is 3.23. The summed E-state index contributed by atoms with van der Waals surface area (Å²) >= 11 is 0. The molecule has 0 aliphatic heterocycles. The van der Waals surface area contributed by atoms with E-state index >= 15 is 0 Å². The van der Waals surface area contributed by atoms with Gasteiger partial charge in [0.2, 0.25) is 0 Å². The lowest BCUT2D eigenvalue weighted by Gasteiger charge is -2.30. The van der Waals surface area contributed by atoms with E-state index in [0.717, 1.165) is 19.3 Å². The van der Waals surface area contributed by atoms with E-state index in [-0.39, 0.29) is 12.1 Å². The number of nitrogens with two attached hydrogens (primary N) is 1. The molecule has 0 aromatic carbocycles. The van der Waals surface area contributed by atoms with Crippen molar-refractivity contribution in [2.45, 2.75) is 58.0 Å². The van der Waals surface area contributed by atoms with E-state index in [9.17, 15) is 4.79 Å². The molecule has 88 valence electrons.